The normalized spacial score (nSPS) is 13.0. The minimum absolute atomic E-state index is 0.697. The Labute approximate surface area is 119 Å². The first kappa shape index (κ1) is 14.0. The summed E-state index contributed by atoms with van der Waals surface area (Å²) in [4.78, 5) is 1.15. The van der Waals surface area contributed by atoms with Crippen molar-refractivity contribution in [1.29, 1.82) is 0 Å². The first-order valence-corrected chi connectivity index (χ1v) is 8.62. The molecule has 0 saturated carbocycles. The maximum absolute atomic E-state index is 11.3. The smallest absolute Gasteiger partial charge is 0.0636 e. The number of fused-ring (bicyclic) bond motifs is 1. The Morgan fingerprint density at radius 2 is 2.17 bits per heavy atom. The Balaban J connectivity index is 1.95. The summed E-state index contributed by atoms with van der Waals surface area (Å²) in [5.41, 5.74) is 0. The average molecular weight is 302 g/mol. The fraction of sp³-hybridized carbons (Fsp3) is 0.385. The Hall–Kier alpha value is -0.420. The van der Waals surface area contributed by atoms with Crippen molar-refractivity contribution in [2.24, 2.45) is 0 Å². The molecule has 0 saturated heterocycles. The fourth-order valence-corrected chi connectivity index (χ4v) is 3.84. The van der Waals surface area contributed by atoms with Crippen LogP contribution in [0.15, 0.2) is 24.3 Å². The summed E-state index contributed by atoms with van der Waals surface area (Å²) in [6.45, 7) is 3.46. The number of nitrogens with one attached hydrogen (secondary N) is 1. The van der Waals surface area contributed by atoms with Crippen LogP contribution in [-0.4, -0.2) is 22.3 Å². The van der Waals surface area contributed by atoms with Crippen molar-refractivity contribution < 1.29 is 4.21 Å². The van der Waals surface area contributed by atoms with Gasteiger partial charge in [-0.05, 0) is 6.07 Å². The van der Waals surface area contributed by atoms with Crippen LogP contribution in [0.3, 0.4) is 0 Å². The highest BCUT2D eigenvalue weighted by Gasteiger charge is 2.09. The first-order valence-electron chi connectivity index (χ1n) is 5.94. The molecule has 0 spiro atoms. The molecule has 1 unspecified atom stereocenters. The zero-order valence-corrected chi connectivity index (χ0v) is 12.6. The van der Waals surface area contributed by atoms with Gasteiger partial charge in [-0.15, -0.1) is 11.3 Å². The zero-order valence-electron chi connectivity index (χ0n) is 10.2. The monoisotopic (exact) mass is 301 g/mol. The van der Waals surface area contributed by atoms with Gasteiger partial charge < -0.3 is 5.32 Å². The molecule has 1 N–H and O–H groups in total. The number of hydrogen-bond donors (Lipinski definition) is 1. The van der Waals surface area contributed by atoms with Crippen molar-refractivity contribution in [3.05, 3.63) is 34.2 Å². The van der Waals surface area contributed by atoms with E-state index < -0.39 is 10.8 Å². The molecule has 2 rings (SSSR count). The van der Waals surface area contributed by atoms with Crippen LogP contribution in [0.25, 0.3) is 10.1 Å². The van der Waals surface area contributed by atoms with Crippen molar-refractivity contribution in [2.75, 3.05) is 18.1 Å². The van der Waals surface area contributed by atoms with E-state index in [2.05, 4.69) is 11.4 Å². The van der Waals surface area contributed by atoms with Gasteiger partial charge in [-0.1, -0.05) is 36.7 Å². The van der Waals surface area contributed by atoms with Gasteiger partial charge >= 0.3 is 0 Å². The van der Waals surface area contributed by atoms with Gasteiger partial charge in [0.1, 0.15) is 0 Å². The summed E-state index contributed by atoms with van der Waals surface area (Å²) in [6.07, 6.45) is 0. The summed E-state index contributed by atoms with van der Waals surface area (Å²) in [7, 11) is -0.697. The Bertz CT molecular complexity index is 553. The van der Waals surface area contributed by atoms with Gasteiger partial charge in [0.15, 0.2) is 0 Å². The lowest BCUT2D eigenvalue weighted by Crippen LogP contribution is -2.20. The van der Waals surface area contributed by atoms with E-state index in [9.17, 15) is 4.21 Å². The lowest BCUT2D eigenvalue weighted by Gasteiger charge is -2.02. The van der Waals surface area contributed by atoms with Gasteiger partial charge in [0, 0.05) is 50.4 Å². The summed E-state index contributed by atoms with van der Waals surface area (Å²) in [6, 6.07) is 8.16. The molecular formula is C13H16ClNOS2. The summed E-state index contributed by atoms with van der Waals surface area (Å²) in [5.74, 6) is 1.43. The van der Waals surface area contributed by atoms with E-state index in [1.54, 1.807) is 11.3 Å². The van der Waals surface area contributed by atoms with Crippen LogP contribution >= 0.6 is 22.9 Å². The highest BCUT2D eigenvalue weighted by molar-refractivity contribution is 7.84. The van der Waals surface area contributed by atoms with E-state index >= 15 is 0 Å². The molecule has 5 heteroatoms. The van der Waals surface area contributed by atoms with Crippen LogP contribution in [-0.2, 0) is 17.3 Å². The van der Waals surface area contributed by atoms with Gasteiger partial charge in [-0.3, -0.25) is 4.21 Å². The number of rotatable bonds is 6. The topological polar surface area (TPSA) is 29.1 Å². The van der Waals surface area contributed by atoms with Crippen molar-refractivity contribution in [1.82, 2.24) is 5.32 Å². The summed E-state index contributed by atoms with van der Waals surface area (Å²) >= 11 is 8.05. The van der Waals surface area contributed by atoms with Crippen molar-refractivity contribution in [3.8, 4) is 0 Å². The van der Waals surface area contributed by atoms with E-state index in [1.165, 1.54) is 4.70 Å². The Morgan fingerprint density at radius 3 is 2.89 bits per heavy atom. The molecule has 2 aromatic rings. The molecule has 2 nitrogen and oxygen atoms in total. The Morgan fingerprint density at radius 1 is 1.39 bits per heavy atom. The Kier molecular flexibility index (Phi) is 5.18. The fourth-order valence-electron chi connectivity index (χ4n) is 1.71. The second-order valence-corrected chi connectivity index (χ2v) is 7.32. The van der Waals surface area contributed by atoms with Crippen molar-refractivity contribution >= 4 is 43.8 Å². The van der Waals surface area contributed by atoms with Gasteiger partial charge in [-0.2, -0.15) is 0 Å². The first-order chi connectivity index (χ1) is 8.72. The number of benzene rings is 1. The molecule has 0 aliphatic carbocycles. The summed E-state index contributed by atoms with van der Waals surface area (Å²) < 4.78 is 12.5. The quantitative estimate of drug-likeness (QED) is 0.829. The minimum atomic E-state index is -0.697. The maximum atomic E-state index is 11.3. The number of hydrogen-bond acceptors (Lipinski definition) is 3. The molecule has 1 atom stereocenters. The molecule has 1 heterocycles. The molecule has 0 aliphatic rings. The third-order valence-electron chi connectivity index (χ3n) is 2.72. The molecule has 0 radical (unpaired) electrons. The van der Waals surface area contributed by atoms with Crippen LogP contribution in [0.5, 0.6) is 0 Å². The number of halogens is 1. The second kappa shape index (κ2) is 6.66. The van der Waals surface area contributed by atoms with E-state index in [0.29, 0.717) is 5.75 Å². The lowest BCUT2D eigenvalue weighted by atomic mass is 10.2. The summed E-state index contributed by atoms with van der Waals surface area (Å²) in [5, 5.41) is 5.27. The SMILES string of the molecule is CCS(=O)CCNCc1sc2ccccc2c1Cl. The van der Waals surface area contributed by atoms with Crippen LogP contribution < -0.4 is 5.32 Å². The third-order valence-corrected chi connectivity index (χ3v) is 5.73. The van der Waals surface area contributed by atoms with Gasteiger partial charge in [0.25, 0.3) is 0 Å². The van der Waals surface area contributed by atoms with Gasteiger partial charge in [0.2, 0.25) is 0 Å². The van der Waals surface area contributed by atoms with Crippen molar-refractivity contribution in [2.45, 2.75) is 13.5 Å². The molecule has 0 fully saturated rings. The molecule has 0 amide bonds. The van der Waals surface area contributed by atoms with Gasteiger partial charge in [-0.25, -0.2) is 0 Å². The molecule has 1 aromatic heterocycles. The number of thiophene rings is 1. The van der Waals surface area contributed by atoms with E-state index in [1.807, 2.05) is 25.1 Å². The molecular weight excluding hydrogens is 286 g/mol. The third kappa shape index (κ3) is 3.32. The van der Waals surface area contributed by atoms with Crippen molar-refractivity contribution in [3.63, 3.8) is 0 Å². The molecule has 0 bridgehead atoms. The second-order valence-electron chi connectivity index (χ2n) is 3.94. The predicted molar refractivity (Wildman–Crippen MR) is 82.1 cm³/mol. The maximum Gasteiger partial charge on any atom is 0.0636 e. The van der Waals surface area contributed by atoms with Gasteiger partial charge in [0.05, 0.1) is 5.02 Å². The molecule has 18 heavy (non-hydrogen) atoms. The van der Waals surface area contributed by atoms with E-state index in [4.69, 9.17) is 11.6 Å². The van der Waals surface area contributed by atoms with Crippen LogP contribution in [0.4, 0.5) is 0 Å². The zero-order chi connectivity index (χ0) is 13.0. The average Bonchev–Trinajstić information content (AvgIpc) is 2.72. The van der Waals surface area contributed by atoms with E-state index in [-0.39, 0.29) is 0 Å². The highest BCUT2D eigenvalue weighted by atomic mass is 35.5. The van der Waals surface area contributed by atoms with Crippen LogP contribution in [0.2, 0.25) is 5.02 Å². The van der Waals surface area contributed by atoms with Crippen LogP contribution in [0.1, 0.15) is 11.8 Å². The standard InChI is InChI=1S/C13H16ClNOS2/c1-2-18(16)8-7-15-9-12-13(14)10-5-3-4-6-11(10)17-12/h3-6,15H,2,7-9H2,1H3. The lowest BCUT2D eigenvalue weighted by molar-refractivity contribution is 0.675. The molecule has 0 aliphatic heterocycles. The largest absolute Gasteiger partial charge is 0.311 e. The predicted octanol–water partition coefficient (Wildman–Crippen LogP) is 3.41. The highest BCUT2D eigenvalue weighted by Crippen LogP contribution is 2.34. The minimum Gasteiger partial charge on any atom is -0.311 e. The van der Waals surface area contributed by atoms with E-state index in [0.717, 1.165) is 34.1 Å². The molecule has 98 valence electrons. The van der Waals surface area contributed by atoms with Crippen LogP contribution in [0, 0.1) is 0 Å². The molecule has 1 aromatic carbocycles.